The van der Waals surface area contributed by atoms with Gasteiger partial charge in [-0.15, -0.1) is 0 Å². The molecular weight excluding hydrogens is 434 g/mol. The molecule has 34 heavy (non-hydrogen) atoms. The van der Waals surface area contributed by atoms with E-state index in [1.54, 1.807) is 49.4 Å². The number of carbonyl (C=O) groups is 2. The Balaban J connectivity index is 1.53. The van der Waals surface area contributed by atoms with Crippen molar-refractivity contribution in [3.05, 3.63) is 112 Å². The quantitative estimate of drug-likeness (QED) is 0.249. The second kappa shape index (κ2) is 10.0. The SMILES string of the molecule is Cc1c(C)c2ccc(OC(=O)[C@H](NC(=O)OCc3ccccc3)c3ccccc3)cc2oc1=O. The molecule has 1 atom stereocenters. The Morgan fingerprint density at radius 1 is 0.912 bits per heavy atom. The van der Waals surface area contributed by atoms with Crippen molar-refractivity contribution < 1.29 is 23.5 Å². The number of hydrogen-bond donors (Lipinski definition) is 1. The Labute approximate surface area is 195 Å². The van der Waals surface area contributed by atoms with E-state index >= 15 is 0 Å². The maximum Gasteiger partial charge on any atom is 0.408 e. The standard InChI is InChI=1S/C27H23NO6/c1-17-18(2)25(29)34-23-15-21(13-14-22(17)23)33-26(30)24(20-11-7-4-8-12-20)28-27(31)32-16-19-9-5-3-6-10-19/h3-15,24H,16H2,1-2H3,(H,28,31)/t24-/m1/s1. The van der Waals surface area contributed by atoms with Crippen LogP contribution < -0.4 is 15.7 Å². The highest BCUT2D eigenvalue weighted by Gasteiger charge is 2.26. The molecule has 0 unspecified atom stereocenters. The van der Waals surface area contributed by atoms with Crippen molar-refractivity contribution in [3.8, 4) is 5.75 Å². The first kappa shape index (κ1) is 22.8. The fraction of sp³-hybridized carbons (Fsp3) is 0.148. The summed E-state index contributed by atoms with van der Waals surface area (Å²) in [7, 11) is 0. The van der Waals surface area contributed by atoms with Crippen LogP contribution in [0.1, 0.15) is 28.3 Å². The largest absolute Gasteiger partial charge is 0.445 e. The molecule has 0 radical (unpaired) electrons. The van der Waals surface area contributed by atoms with Crippen LogP contribution in [0.5, 0.6) is 5.75 Å². The van der Waals surface area contributed by atoms with Gasteiger partial charge in [-0.25, -0.2) is 14.4 Å². The molecule has 3 aromatic carbocycles. The number of carbonyl (C=O) groups excluding carboxylic acids is 2. The molecule has 0 bridgehead atoms. The minimum Gasteiger partial charge on any atom is -0.445 e. The predicted octanol–water partition coefficient (Wildman–Crippen LogP) is 4.98. The summed E-state index contributed by atoms with van der Waals surface area (Å²) in [5.41, 5.74) is 2.54. The van der Waals surface area contributed by atoms with Gasteiger partial charge in [0.05, 0.1) is 0 Å². The van der Waals surface area contributed by atoms with E-state index in [0.717, 1.165) is 16.5 Å². The number of ether oxygens (including phenoxy) is 2. The average molecular weight is 457 g/mol. The van der Waals surface area contributed by atoms with Crippen LogP contribution in [0, 0.1) is 13.8 Å². The summed E-state index contributed by atoms with van der Waals surface area (Å²) >= 11 is 0. The molecule has 7 heteroatoms. The number of aryl methyl sites for hydroxylation is 1. The van der Waals surface area contributed by atoms with E-state index in [2.05, 4.69) is 5.32 Å². The lowest BCUT2D eigenvalue weighted by Crippen LogP contribution is -2.36. The highest BCUT2D eigenvalue weighted by Crippen LogP contribution is 2.25. The monoisotopic (exact) mass is 457 g/mol. The van der Waals surface area contributed by atoms with Crippen molar-refractivity contribution in [2.45, 2.75) is 26.5 Å². The number of amides is 1. The molecule has 172 valence electrons. The molecule has 4 rings (SSSR count). The smallest absolute Gasteiger partial charge is 0.408 e. The van der Waals surface area contributed by atoms with Gasteiger partial charge in [0.25, 0.3) is 0 Å². The highest BCUT2D eigenvalue weighted by molar-refractivity contribution is 5.86. The number of alkyl carbamates (subject to hydrolysis) is 1. The summed E-state index contributed by atoms with van der Waals surface area (Å²) in [4.78, 5) is 37.5. The molecule has 1 N–H and O–H groups in total. The third kappa shape index (κ3) is 5.15. The summed E-state index contributed by atoms with van der Waals surface area (Å²) in [6, 6.07) is 21.6. The van der Waals surface area contributed by atoms with E-state index in [1.165, 1.54) is 6.07 Å². The Kier molecular flexibility index (Phi) is 6.73. The summed E-state index contributed by atoms with van der Waals surface area (Å²) in [5, 5.41) is 3.33. The molecule has 0 spiro atoms. The van der Waals surface area contributed by atoms with E-state index in [4.69, 9.17) is 13.9 Å². The Morgan fingerprint density at radius 3 is 2.29 bits per heavy atom. The Bertz CT molecular complexity index is 1380. The molecule has 7 nitrogen and oxygen atoms in total. The third-order valence-electron chi connectivity index (χ3n) is 5.49. The van der Waals surface area contributed by atoms with Crippen molar-refractivity contribution >= 4 is 23.0 Å². The maximum atomic E-state index is 13.1. The van der Waals surface area contributed by atoms with Crippen LogP contribution in [0.15, 0.2) is 88.1 Å². The topological polar surface area (TPSA) is 94.8 Å². The summed E-state index contributed by atoms with van der Waals surface area (Å²) in [6.45, 7) is 3.59. The van der Waals surface area contributed by atoms with Crippen LogP contribution in [0.4, 0.5) is 4.79 Å². The fourth-order valence-electron chi connectivity index (χ4n) is 3.47. The van der Waals surface area contributed by atoms with E-state index in [0.29, 0.717) is 16.7 Å². The van der Waals surface area contributed by atoms with Crippen molar-refractivity contribution in [2.24, 2.45) is 0 Å². The van der Waals surface area contributed by atoms with Gasteiger partial charge in [-0.05, 0) is 42.7 Å². The van der Waals surface area contributed by atoms with Gasteiger partial charge in [0.15, 0.2) is 6.04 Å². The molecule has 0 aliphatic carbocycles. The highest BCUT2D eigenvalue weighted by atomic mass is 16.6. The first-order chi connectivity index (χ1) is 16.4. The minimum atomic E-state index is -1.10. The number of nitrogens with one attached hydrogen (secondary N) is 1. The Morgan fingerprint density at radius 2 is 1.59 bits per heavy atom. The molecule has 1 aromatic heterocycles. The number of fused-ring (bicyclic) bond motifs is 1. The van der Waals surface area contributed by atoms with Gasteiger partial charge in [0.2, 0.25) is 0 Å². The van der Waals surface area contributed by atoms with Crippen molar-refractivity contribution in [1.82, 2.24) is 5.32 Å². The lowest BCUT2D eigenvalue weighted by Gasteiger charge is -2.18. The molecule has 1 heterocycles. The molecule has 0 fully saturated rings. The zero-order chi connectivity index (χ0) is 24.1. The van der Waals surface area contributed by atoms with E-state index < -0.39 is 23.7 Å². The van der Waals surface area contributed by atoms with Crippen LogP contribution in [0.2, 0.25) is 0 Å². The lowest BCUT2D eigenvalue weighted by atomic mass is 10.1. The van der Waals surface area contributed by atoms with Gasteiger partial charge in [0, 0.05) is 17.0 Å². The molecule has 4 aromatic rings. The molecule has 0 saturated carbocycles. The van der Waals surface area contributed by atoms with Gasteiger partial charge >= 0.3 is 17.7 Å². The second-order valence-corrected chi connectivity index (χ2v) is 7.77. The number of hydrogen-bond acceptors (Lipinski definition) is 6. The van der Waals surface area contributed by atoms with Gasteiger partial charge in [-0.2, -0.15) is 0 Å². The predicted molar refractivity (Wildman–Crippen MR) is 127 cm³/mol. The van der Waals surface area contributed by atoms with E-state index in [9.17, 15) is 14.4 Å². The van der Waals surface area contributed by atoms with Crippen LogP contribution in [0.3, 0.4) is 0 Å². The van der Waals surface area contributed by atoms with Gasteiger partial charge in [0.1, 0.15) is 17.9 Å². The van der Waals surface area contributed by atoms with Crippen LogP contribution >= 0.6 is 0 Å². The number of esters is 1. The minimum absolute atomic E-state index is 0.0612. The number of benzene rings is 3. The summed E-state index contributed by atoms with van der Waals surface area (Å²) < 4.78 is 16.2. The zero-order valence-corrected chi connectivity index (χ0v) is 18.7. The number of rotatable bonds is 6. The lowest BCUT2D eigenvalue weighted by molar-refractivity contribution is -0.136. The zero-order valence-electron chi connectivity index (χ0n) is 18.7. The normalized spacial score (nSPS) is 11.6. The fourth-order valence-corrected chi connectivity index (χ4v) is 3.47. The van der Waals surface area contributed by atoms with Crippen molar-refractivity contribution in [2.75, 3.05) is 0 Å². The van der Waals surface area contributed by atoms with Crippen LogP contribution in [-0.4, -0.2) is 12.1 Å². The molecule has 0 aliphatic rings. The van der Waals surface area contributed by atoms with Gasteiger partial charge in [-0.1, -0.05) is 60.7 Å². The van der Waals surface area contributed by atoms with Crippen LogP contribution in [-0.2, 0) is 16.1 Å². The second-order valence-electron chi connectivity index (χ2n) is 7.77. The van der Waals surface area contributed by atoms with E-state index in [-0.39, 0.29) is 12.4 Å². The van der Waals surface area contributed by atoms with Crippen molar-refractivity contribution in [3.63, 3.8) is 0 Å². The third-order valence-corrected chi connectivity index (χ3v) is 5.49. The molecular formula is C27H23NO6. The van der Waals surface area contributed by atoms with Gasteiger partial charge in [-0.3, -0.25) is 0 Å². The summed E-state index contributed by atoms with van der Waals surface area (Å²) in [5.74, 6) is -0.530. The first-order valence-electron chi connectivity index (χ1n) is 10.7. The first-order valence-corrected chi connectivity index (χ1v) is 10.7. The maximum absolute atomic E-state index is 13.1. The average Bonchev–Trinajstić information content (AvgIpc) is 2.85. The molecule has 0 saturated heterocycles. The molecule has 1 amide bonds. The van der Waals surface area contributed by atoms with E-state index in [1.807, 2.05) is 37.3 Å². The summed E-state index contributed by atoms with van der Waals surface area (Å²) in [6.07, 6.45) is -0.759. The van der Waals surface area contributed by atoms with Crippen molar-refractivity contribution in [1.29, 1.82) is 0 Å². The van der Waals surface area contributed by atoms with Gasteiger partial charge < -0.3 is 19.2 Å². The van der Waals surface area contributed by atoms with Crippen LogP contribution in [0.25, 0.3) is 11.0 Å². The Hall–Kier alpha value is -4.39. The molecule has 0 aliphatic heterocycles.